The van der Waals surface area contributed by atoms with Crippen LogP contribution in [0.2, 0.25) is 0 Å². The summed E-state index contributed by atoms with van der Waals surface area (Å²) in [5.74, 6) is 0.386. The van der Waals surface area contributed by atoms with Gasteiger partial charge in [-0.3, -0.25) is 10.1 Å². The minimum atomic E-state index is -0.464. The van der Waals surface area contributed by atoms with Crippen LogP contribution in [0.4, 0.5) is 27.8 Å². The lowest BCUT2D eigenvalue weighted by Gasteiger charge is -2.31. The van der Waals surface area contributed by atoms with E-state index in [0.717, 1.165) is 18.7 Å². The molecule has 0 unspecified atom stereocenters. The summed E-state index contributed by atoms with van der Waals surface area (Å²) in [4.78, 5) is 35.2. The number of hydrogen-bond acceptors (Lipinski definition) is 9. The number of carbonyl (C=O) groups is 1. The number of nitrogens with zero attached hydrogens (tertiary/aromatic N) is 5. The number of piperidine rings is 1. The summed E-state index contributed by atoms with van der Waals surface area (Å²) in [7, 11) is 2.01. The van der Waals surface area contributed by atoms with E-state index in [2.05, 4.69) is 25.5 Å². The third kappa shape index (κ3) is 6.67. The minimum Gasteiger partial charge on any atom is -0.450 e. The first kappa shape index (κ1) is 24.0. The summed E-state index contributed by atoms with van der Waals surface area (Å²) in [5.41, 5.74) is 0.952. The topological polar surface area (TPSA) is 126 Å². The van der Waals surface area contributed by atoms with Crippen LogP contribution in [0.3, 0.4) is 0 Å². The third-order valence-corrected chi connectivity index (χ3v) is 5.53. The van der Waals surface area contributed by atoms with Crippen molar-refractivity contribution in [2.45, 2.75) is 32.2 Å². The molecule has 0 aliphatic carbocycles. The molecule has 1 aromatic carbocycles. The molecular formula is C22H31N7O4. The molecule has 2 heterocycles. The molecule has 0 bridgehead atoms. The number of benzene rings is 1. The molecule has 178 valence electrons. The van der Waals surface area contributed by atoms with Gasteiger partial charge < -0.3 is 25.2 Å². The molecule has 11 nitrogen and oxygen atoms in total. The van der Waals surface area contributed by atoms with E-state index in [9.17, 15) is 14.9 Å². The number of aromatic nitrogens is 2. The van der Waals surface area contributed by atoms with Crippen molar-refractivity contribution in [2.24, 2.45) is 0 Å². The normalized spacial score (nSPS) is 13.9. The van der Waals surface area contributed by atoms with Crippen molar-refractivity contribution in [2.75, 3.05) is 55.4 Å². The van der Waals surface area contributed by atoms with Crippen LogP contribution >= 0.6 is 0 Å². The van der Waals surface area contributed by atoms with Gasteiger partial charge >= 0.3 is 11.8 Å². The van der Waals surface area contributed by atoms with Crippen molar-refractivity contribution in [3.05, 3.63) is 46.8 Å². The number of rotatable bonds is 10. The monoisotopic (exact) mass is 457 g/mol. The molecule has 2 aromatic rings. The summed E-state index contributed by atoms with van der Waals surface area (Å²) in [5, 5.41) is 18.1. The molecule has 1 fully saturated rings. The molecule has 1 amide bonds. The molecule has 0 atom stereocenters. The summed E-state index contributed by atoms with van der Waals surface area (Å²) >= 11 is 0. The first-order chi connectivity index (χ1) is 16.0. The Balaban J connectivity index is 1.55. The van der Waals surface area contributed by atoms with E-state index in [1.807, 2.05) is 37.4 Å². The van der Waals surface area contributed by atoms with Gasteiger partial charge in [0, 0.05) is 45.0 Å². The van der Waals surface area contributed by atoms with Crippen LogP contribution < -0.4 is 15.5 Å². The first-order valence-electron chi connectivity index (χ1n) is 11.2. The van der Waals surface area contributed by atoms with Crippen LogP contribution in [0, 0.1) is 10.1 Å². The van der Waals surface area contributed by atoms with Crippen molar-refractivity contribution in [1.82, 2.24) is 14.9 Å². The predicted octanol–water partition coefficient (Wildman–Crippen LogP) is 3.36. The van der Waals surface area contributed by atoms with Gasteiger partial charge in [0.25, 0.3) is 0 Å². The van der Waals surface area contributed by atoms with E-state index >= 15 is 0 Å². The molecule has 2 N–H and O–H groups in total. The van der Waals surface area contributed by atoms with Gasteiger partial charge in [0.1, 0.15) is 6.33 Å². The number of ether oxygens (including phenoxy) is 1. The van der Waals surface area contributed by atoms with E-state index in [1.165, 1.54) is 6.33 Å². The van der Waals surface area contributed by atoms with Crippen molar-refractivity contribution in [1.29, 1.82) is 0 Å². The van der Waals surface area contributed by atoms with Crippen LogP contribution in [0.15, 0.2) is 36.7 Å². The Morgan fingerprint density at radius 2 is 1.94 bits per heavy atom. The van der Waals surface area contributed by atoms with Crippen molar-refractivity contribution < 1.29 is 14.5 Å². The third-order valence-electron chi connectivity index (χ3n) is 5.53. The van der Waals surface area contributed by atoms with Gasteiger partial charge in [-0.15, -0.1) is 0 Å². The molecule has 0 spiro atoms. The lowest BCUT2D eigenvalue weighted by Crippen LogP contribution is -2.42. The Bertz CT molecular complexity index is 920. The first-order valence-corrected chi connectivity index (χ1v) is 11.2. The highest BCUT2D eigenvalue weighted by molar-refractivity contribution is 5.70. The Morgan fingerprint density at radius 3 is 2.61 bits per heavy atom. The van der Waals surface area contributed by atoms with Gasteiger partial charge in [0.2, 0.25) is 11.6 Å². The maximum absolute atomic E-state index is 11.9. The Morgan fingerprint density at radius 1 is 1.24 bits per heavy atom. The van der Waals surface area contributed by atoms with Gasteiger partial charge in [-0.2, -0.15) is 0 Å². The van der Waals surface area contributed by atoms with Crippen LogP contribution in [-0.2, 0) is 4.74 Å². The number of hydrogen-bond donors (Lipinski definition) is 2. The van der Waals surface area contributed by atoms with Crippen LogP contribution in [-0.4, -0.2) is 71.8 Å². The average Bonchev–Trinajstić information content (AvgIpc) is 2.82. The number of anilines is 3. The summed E-state index contributed by atoms with van der Waals surface area (Å²) < 4.78 is 5.03. The number of nitro groups is 1. The molecule has 0 radical (unpaired) electrons. The molecule has 3 rings (SSSR count). The second-order valence-corrected chi connectivity index (χ2v) is 7.82. The second-order valence-electron chi connectivity index (χ2n) is 7.82. The SMILES string of the molecule is CCOC(=O)N1CCC(Nc2ncnc(NCCCN(C)c3ccccc3)c2[N+](=O)[O-])CC1. The number of amides is 1. The molecule has 1 saturated heterocycles. The largest absolute Gasteiger partial charge is 0.450 e. The Hall–Kier alpha value is -3.63. The summed E-state index contributed by atoms with van der Waals surface area (Å²) in [6, 6.07) is 10.0. The molecule has 1 aliphatic heterocycles. The summed E-state index contributed by atoms with van der Waals surface area (Å²) in [6.07, 6.45) is 3.07. The Labute approximate surface area is 193 Å². The highest BCUT2D eigenvalue weighted by Gasteiger charge is 2.28. The van der Waals surface area contributed by atoms with Gasteiger partial charge in [-0.25, -0.2) is 14.8 Å². The Kier molecular flexibility index (Phi) is 8.62. The number of likely N-dealkylation sites (tertiary alicyclic amines) is 1. The highest BCUT2D eigenvalue weighted by atomic mass is 16.6. The number of para-hydroxylation sites is 1. The van der Waals surface area contributed by atoms with E-state index in [1.54, 1.807) is 11.8 Å². The van der Waals surface area contributed by atoms with Crippen LogP contribution in [0.1, 0.15) is 26.2 Å². The van der Waals surface area contributed by atoms with Crippen molar-refractivity contribution in [3.63, 3.8) is 0 Å². The molecule has 1 aliphatic rings. The molecule has 0 saturated carbocycles. The highest BCUT2D eigenvalue weighted by Crippen LogP contribution is 2.30. The quantitative estimate of drug-likeness (QED) is 0.314. The fraction of sp³-hybridized carbons (Fsp3) is 0.500. The maximum Gasteiger partial charge on any atom is 0.409 e. The van der Waals surface area contributed by atoms with Gasteiger partial charge in [0.15, 0.2) is 0 Å². The van der Waals surface area contributed by atoms with Crippen LogP contribution in [0.25, 0.3) is 0 Å². The molecule has 33 heavy (non-hydrogen) atoms. The van der Waals surface area contributed by atoms with Crippen molar-refractivity contribution in [3.8, 4) is 0 Å². The second kappa shape index (κ2) is 11.8. The lowest BCUT2D eigenvalue weighted by molar-refractivity contribution is -0.383. The fourth-order valence-electron chi connectivity index (χ4n) is 3.74. The molecule has 11 heteroatoms. The minimum absolute atomic E-state index is 0.0309. The van der Waals surface area contributed by atoms with Crippen LogP contribution in [0.5, 0.6) is 0 Å². The number of nitrogens with one attached hydrogen (secondary N) is 2. The smallest absolute Gasteiger partial charge is 0.409 e. The fourth-order valence-corrected chi connectivity index (χ4v) is 3.74. The zero-order chi connectivity index (χ0) is 23.6. The van der Waals surface area contributed by atoms with E-state index in [-0.39, 0.29) is 29.5 Å². The number of carbonyl (C=O) groups excluding carboxylic acids is 1. The predicted molar refractivity (Wildman–Crippen MR) is 127 cm³/mol. The van der Waals surface area contributed by atoms with E-state index in [0.29, 0.717) is 39.1 Å². The zero-order valence-corrected chi connectivity index (χ0v) is 19.1. The van der Waals surface area contributed by atoms with Gasteiger partial charge in [-0.1, -0.05) is 18.2 Å². The molecule has 1 aromatic heterocycles. The molecular weight excluding hydrogens is 426 g/mol. The maximum atomic E-state index is 11.9. The van der Waals surface area contributed by atoms with Gasteiger partial charge in [0.05, 0.1) is 11.5 Å². The average molecular weight is 458 g/mol. The van der Waals surface area contributed by atoms with Crippen molar-refractivity contribution >= 4 is 29.1 Å². The lowest BCUT2D eigenvalue weighted by atomic mass is 10.1. The van der Waals surface area contributed by atoms with E-state index in [4.69, 9.17) is 4.74 Å². The summed E-state index contributed by atoms with van der Waals surface area (Å²) in [6.45, 7) is 4.48. The standard InChI is InChI=1S/C22H31N7O4/c1-3-33-22(30)28-14-10-17(11-15-28)26-21-19(29(31)32)20(24-16-25-21)23-12-7-13-27(2)18-8-5-4-6-9-18/h4-6,8-9,16-17H,3,7,10-15H2,1-2H3,(H2,23,24,25,26). The van der Waals surface area contributed by atoms with E-state index < -0.39 is 4.92 Å². The zero-order valence-electron chi connectivity index (χ0n) is 19.1. The van der Waals surface area contributed by atoms with Gasteiger partial charge in [-0.05, 0) is 38.3 Å².